The van der Waals surface area contributed by atoms with Crippen molar-refractivity contribution in [2.75, 3.05) is 13.2 Å². The van der Waals surface area contributed by atoms with Crippen LogP contribution < -0.4 is 0 Å². The second-order valence-corrected chi connectivity index (χ2v) is 7.60. The molecule has 2 N–H and O–H groups in total. The van der Waals surface area contributed by atoms with Gasteiger partial charge in [0, 0.05) is 25.6 Å². The van der Waals surface area contributed by atoms with E-state index in [0.29, 0.717) is 13.2 Å². The topological polar surface area (TPSA) is 52.9 Å². The molecule has 150 valence electrons. The minimum atomic E-state index is -1.17. The number of rotatable bonds is 9. The van der Waals surface area contributed by atoms with Crippen molar-refractivity contribution >= 4 is 0 Å². The van der Waals surface area contributed by atoms with Crippen molar-refractivity contribution in [1.29, 1.82) is 0 Å². The standard InChI is InChI=1S/C24H31NO3/c1-20(19-28-24(2,3)27)14-15-23(26)18-25(16-21-10-6-4-7-11-21)17-22-12-8-5-9-13-22/h4-13,20,23,26-27H,16-19H2,1-3H3/t20-,23-/m0/s1. The van der Waals surface area contributed by atoms with Crippen LogP contribution in [0.5, 0.6) is 0 Å². The molecule has 0 radical (unpaired) electrons. The van der Waals surface area contributed by atoms with Gasteiger partial charge in [0.25, 0.3) is 0 Å². The molecule has 2 atom stereocenters. The molecule has 2 aromatic rings. The Morgan fingerprint density at radius 2 is 1.43 bits per heavy atom. The van der Waals surface area contributed by atoms with Crippen LogP contribution in [0.15, 0.2) is 60.7 Å². The van der Waals surface area contributed by atoms with Crippen molar-refractivity contribution in [2.24, 2.45) is 5.92 Å². The fourth-order valence-corrected chi connectivity index (χ4v) is 2.77. The van der Waals surface area contributed by atoms with E-state index in [1.807, 2.05) is 43.3 Å². The number of aliphatic hydroxyl groups excluding tert-OH is 1. The molecule has 0 heterocycles. The maximum absolute atomic E-state index is 10.4. The van der Waals surface area contributed by atoms with Crippen LogP contribution >= 0.6 is 0 Å². The highest BCUT2D eigenvalue weighted by atomic mass is 16.6. The normalized spacial score (nSPS) is 13.6. The molecule has 0 saturated carbocycles. The molecule has 4 heteroatoms. The van der Waals surface area contributed by atoms with E-state index in [2.05, 4.69) is 41.0 Å². The average molecular weight is 382 g/mol. The van der Waals surface area contributed by atoms with E-state index in [4.69, 9.17) is 4.74 Å². The van der Waals surface area contributed by atoms with Gasteiger partial charge in [-0.3, -0.25) is 4.90 Å². The van der Waals surface area contributed by atoms with Crippen LogP contribution in [-0.2, 0) is 17.8 Å². The molecular formula is C24H31NO3. The van der Waals surface area contributed by atoms with Crippen LogP contribution in [0.25, 0.3) is 0 Å². The highest BCUT2D eigenvalue weighted by molar-refractivity contribution is 5.17. The summed E-state index contributed by atoms with van der Waals surface area (Å²) in [6.45, 7) is 7.35. The van der Waals surface area contributed by atoms with E-state index in [-0.39, 0.29) is 5.92 Å². The van der Waals surface area contributed by atoms with Crippen molar-refractivity contribution in [3.63, 3.8) is 0 Å². The van der Waals surface area contributed by atoms with Gasteiger partial charge in [-0.05, 0) is 31.9 Å². The van der Waals surface area contributed by atoms with E-state index in [0.717, 1.165) is 13.1 Å². The molecule has 2 aromatic carbocycles. The molecule has 28 heavy (non-hydrogen) atoms. The third-order valence-corrected chi connectivity index (χ3v) is 4.11. The summed E-state index contributed by atoms with van der Waals surface area (Å²) in [7, 11) is 0. The van der Waals surface area contributed by atoms with Crippen LogP contribution in [0.2, 0.25) is 0 Å². The van der Waals surface area contributed by atoms with Gasteiger partial charge >= 0.3 is 0 Å². The molecule has 0 aliphatic heterocycles. The van der Waals surface area contributed by atoms with Crippen LogP contribution in [0, 0.1) is 17.8 Å². The third kappa shape index (κ3) is 9.16. The Morgan fingerprint density at radius 3 is 1.89 bits per heavy atom. The lowest BCUT2D eigenvalue weighted by molar-refractivity contribution is -0.179. The largest absolute Gasteiger partial charge is 0.379 e. The van der Waals surface area contributed by atoms with Gasteiger partial charge in [0.05, 0.1) is 6.61 Å². The van der Waals surface area contributed by atoms with Gasteiger partial charge in [0.15, 0.2) is 5.79 Å². The van der Waals surface area contributed by atoms with Crippen molar-refractivity contribution in [2.45, 2.75) is 45.8 Å². The molecule has 0 aliphatic rings. The molecule has 0 saturated heterocycles. The van der Waals surface area contributed by atoms with Gasteiger partial charge in [0.1, 0.15) is 6.10 Å². The second-order valence-electron chi connectivity index (χ2n) is 7.60. The minimum absolute atomic E-state index is 0.0715. The quantitative estimate of drug-likeness (QED) is 0.516. The number of hydrogen-bond acceptors (Lipinski definition) is 4. The summed E-state index contributed by atoms with van der Waals surface area (Å²) in [5.41, 5.74) is 2.40. The molecule has 2 rings (SSSR count). The molecule has 0 spiro atoms. The maximum atomic E-state index is 10.4. The van der Waals surface area contributed by atoms with Gasteiger partial charge in [-0.2, -0.15) is 0 Å². The first-order valence-electron chi connectivity index (χ1n) is 9.67. The number of benzene rings is 2. The Labute approximate surface area is 168 Å². The zero-order valence-electron chi connectivity index (χ0n) is 17.0. The Morgan fingerprint density at radius 1 is 0.929 bits per heavy atom. The number of ether oxygens (including phenoxy) is 1. The van der Waals surface area contributed by atoms with Crippen LogP contribution in [0.4, 0.5) is 0 Å². The summed E-state index contributed by atoms with van der Waals surface area (Å²) >= 11 is 0. The van der Waals surface area contributed by atoms with E-state index >= 15 is 0 Å². The summed E-state index contributed by atoms with van der Waals surface area (Å²) in [5, 5.41) is 20.1. The van der Waals surface area contributed by atoms with Crippen molar-refractivity contribution < 1.29 is 14.9 Å². The zero-order chi connectivity index (χ0) is 20.4. The predicted octanol–water partition coefficient (Wildman–Crippen LogP) is 3.43. The summed E-state index contributed by atoms with van der Waals surface area (Å²) < 4.78 is 5.32. The Bertz CT molecular complexity index is 703. The predicted molar refractivity (Wildman–Crippen MR) is 112 cm³/mol. The molecule has 0 amide bonds. The highest BCUT2D eigenvalue weighted by Gasteiger charge is 2.14. The van der Waals surface area contributed by atoms with Crippen molar-refractivity contribution in [3.8, 4) is 11.8 Å². The number of aliphatic hydroxyl groups is 2. The van der Waals surface area contributed by atoms with Crippen LogP contribution in [0.3, 0.4) is 0 Å². The van der Waals surface area contributed by atoms with E-state index in [1.165, 1.54) is 11.1 Å². The Hall–Kier alpha value is -2.16. The number of nitrogens with zero attached hydrogens (tertiary/aromatic N) is 1. The second kappa shape index (κ2) is 11.0. The molecule has 0 unspecified atom stereocenters. The van der Waals surface area contributed by atoms with Crippen molar-refractivity contribution in [3.05, 3.63) is 71.8 Å². The van der Waals surface area contributed by atoms with Crippen molar-refractivity contribution in [1.82, 2.24) is 4.90 Å². The average Bonchev–Trinajstić information content (AvgIpc) is 2.66. The molecule has 0 bridgehead atoms. The molecule has 0 aromatic heterocycles. The first-order valence-corrected chi connectivity index (χ1v) is 9.67. The molecule has 4 nitrogen and oxygen atoms in total. The monoisotopic (exact) mass is 381 g/mol. The Balaban J connectivity index is 1.98. The smallest absolute Gasteiger partial charge is 0.159 e. The van der Waals surface area contributed by atoms with E-state index in [1.54, 1.807) is 13.8 Å². The summed E-state index contributed by atoms with van der Waals surface area (Å²) in [6, 6.07) is 20.5. The van der Waals surface area contributed by atoms with Gasteiger partial charge in [-0.25, -0.2) is 0 Å². The number of hydrogen-bond donors (Lipinski definition) is 2. The lowest BCUT2D eigenvalue weighted by Gasteiger charge is -2.24. The molecule has 0 fully saturated rings. The van der Waals surface area contributed by atoms with E-state index < -0.39 is 11.9 Å². The lowest BCUT2D eigenvalue weighted by Crippen LogP contribution is -2.31. The summed E-state index contributed by atoms with van der Waals surface area (Å²) in [4.78, 5) is 2.20. The van der Waals surface area contributed by atoms with Gasteiger partial charge in [0.2, 0.25) is 0 Å². The fraction of sp³-hybridized carbons (Fsp3) is 0.417. The van der Waals surface area contributed by atoms with E-state index in [9.17, 15) is 10.2 Å². The maximum Gasteiger partial charge on any atom is 0.159 e. The van der Waals surface area contributed by atoms with Gasteiger partial charge in [-0.15, -0.1) is 0 Å². The molecular weight excluding hydrogens is 350 g/mol. The Kier molecular flexibility index (Phi) is 8.69. The molecule has 0 aliphatic carbocycles. The minimum Gasteiger partial charge on any atom is -0.379 e. The van der Waals surface area contributed by atoms with Crippen LogP contribution in [-0.4, -0.2) is 40.2 Å². The lowest BCUT2D eigenvalue weighted by atomic mass is 10.1. The first-order chi connectivity index (χ1) is 13.3. The fourth-order valence-electron chi connectivity index (χ4n) is 2.77. The van der Waals surface area contributed by atoms with Gasteiger partial charge < -0.3 is 14.9 Å². The van der Waals surface area contributed by atoms with Gasteiger partial charge in [-0.1, -0.05) is 72.5 Å². The zero-order valence-corrected chi connectivity index (χ0v) is 17.0. The third-order valence-electron chi connectivity index (χ3n) is 4.11. The summed E-state index contributed by atoms with van der Waals surface area (Å²) in [5.74, 6) is 4.71. The SMILES string of the molecule is C[C@@H](C#C[C@H](O)CN(Cc1ccccc1)Cc1ccccc1)COC(C)(C)O. The highest BCUT2D eigenvalue weighted by Crippen LogP contribution is 2.11. The summed E-state index contributed by atoms with van der Waals surface area (Å²) in [6.07, 6.45) is -0.753. The van der Waals surface area contributed by atoms with Crippen LogP contribution in [0.1, 0.15) is 31.9 Å². The first kappa shape index (κ1) is 22.1.